The molecule has 2 heterocycles. The summed E-state index contributed by atoms with van der Waals surface area (Å²) in [4.78, 5) is 30.6. The van der Waals surface area contributed by atoms with E-state index in [1.165, 1.54) is 6.08 Å². The number of ether oxygens (including phenoxy) is 1. The van der Waals surface area contributed by atoms with Gasteiger partial charge in [0.05, 0.1) is 24.9 Å². The van der Waals surface area contributed by atoms with Crippen molar-refractivity contribution >= 4 is 34.3 Å². The summed E-state index contributed by atoms with van der Waals surface area (Å²) in [6.07, 6.45) is 7.99. The second kappa shape index (κ2) is 8.47. The maximum atomic E-state index is 12.3. The van der Waals surface area contributed by atoms with Gasteiger partial charge in [-0.3, -0.25) is 14.0 Å². The van der Waals surface area contributed by atoms with E-state index in [-0.39, 0.29) is 18.3 Å². The minimum Gasteiger partial charge on any atom is -0.466 e. The number of rotatable bonds is 8. The zero-order valence-corrected chi connectivity index (χ0v) is 14.2. The molecule has 0 unspecified atom stereocenters. The van der Waals surface area contributed by atoms with Crippen LogP contribution in [-0.4, -0.2) is 45.9 Å². The third-order valence-electron chi connectivity index (χ3n) is 3.27. The van der Waals surface area contributed by atoms with Crippen LogP contribution in [0, 0.1) is 0 Å². The molecule has 6 nitrogen and oxygen atoms in total. The molecule has 0 N–H and O–H groups in total. The summed E-state index contributed by atoms with van der Waals surface area (Å²) in [5.41, 5.74) is 0.858. The van der Waals surface area contributed by atoms with Gasteiger partial charge in [-0.1, -0.05) is 6.92 Å². The van der Waals surface area contributed by atoms with Crippen LogP contribution >= 0.6 is 11.3 Å². The van der Waals surface area contributed by atoms with Gasteiger partial charge < -0.3 is 9.64 Å². The topological polar surface area (TPSA) is 63.9 Å². The van der Waals surface area contributed by atoms with Gasteiger partial charge in [0.2, 0.25) is 5.91 Å². The quantitative estimate of drug-likeness (QED) is 0.549. The fraction of sp³-hybridized carbons (Fsp3) is 0.438. The van der Waals surface area contributed by atoms with Crippen LogP contribution in [0.5, 0.6) is 0 Å². The molecule has 1 amide bonds. The lowest BCUT2D eigenvalue weighted by atomic mass is 10.3. The molecule has 2 aromatic heterocycles. The Labute approximate surface area is 139 Å². The molecule has 0 aliphatic heterocycles. The minimum atomic E-state index is -0.277. The average Bonchev–Trinajstić information content (AvgIpc) is 3.13. The predicted molar refractivity (Wildman–Crippen MR) is 90.2 cm³/mol. The molecule has 0 saturated carbocycles. The maximum Gasteiger partial charge on any atom is 0.307 e. The van der Waals surface area contributed by atoms with Crippen LogP contribution in [0.15, 0.2) is 23.8 Å². The zero-order chi connectivity index (χ0) is 16.7. The van der Waals surface area contributed by atoms with E-state index in [9.17, 15) is 9.59 Å². The smallest absolute Gasteiger partial charge is 0.307 e. The SMILES string of the molecule is CCCN(CCC(=O)OCC)C(=O)/C=C/c1cnc2sccn12. The molecule has 2 aromatic rings. The summed E-state index contributed by atoms with van der Waals surface area (Å²) >= 11 is 1.54. The van der Waals surface area contributed by atoms with Crippen molar-refractivity contribution in [3.63, 3.8) is 0 Å². The van der Waals surface area contributed by atoms with Gasteiger partial charge >= 0.3 is 5.97 Å². The number of amides is 1. The Hall–Kier alpha value is -2.15. The number of hydrogen-bond acceptors (Lipinski definition) is 5. The Morgan fingerprint density at radius 1 is 1.39 bits per heavy atom. The first-order valence-electron chi connectivity index (χ1n) is 7.68. The molecular formula is C16H21N3O3S. The number of hydrogen-bond donors (Lipinski definition) is 0. The number of carbonyl (C=O) groups is 2. The fourth-order valence-electron chi connectivity index (χ4n) is 2.19. The van der Waals surface area contributed by atoms with E-state index in [0.717, 1.165) is 17.1 Å². The maximum absolute atomic E-state index is 12.3. The number of nitrogens with zero attached hydrogens (tertiary/aromatic N) is 3. The number of imidazole rings is 1. The molecule has 0 saturated heterocycles. The van der Waals surface area contributed by atoms with Gasteiger partial charge in [-0.2, -0.15) is 0 Å². The van der Waals surface area contributed by atoms with Crippen LogP contribution in [0.2, 0.25) is 0 Å². The summed E-state index contributed by atoms with van der Waals surface area (Å²) in [6, 6.07) is 0. The summed E-state index contributed by atoms with van der Waals surface area (Å²) < 4.78 is 6.83. The molecule has 23 heavy (non-hydrogen) atoms. The average molecular weight is 335 g/mol. The first kappa shape index (κ1) is 17.2. The van der Waals surface area contributed by atoms with Crippen molar-refractivity contribution < 1.29 is 14.3 Å². The highest BCUT2D eigenvalue weighted by molar-refractivity contribution is 7.15. The molecule has 0 spiro atoms. The number of aromatic nitrogens is 2. The normalized spacial score (nSPS) is 11.2. The Kier molecular flexibility index (Phi) is 6.34. The number of esters is 1. The van der Waals surface area contributed by atoms with Crippen molar-refractivity contribution in [1.82, 2.24) is 14.3 Å². The van der Waals surface area contributed by atoms with Crippen molar-refractivity contribution in [3.8, 4) is 0 Å². The molecule has 0 aromatic carbocycles. The Bertz CT molecular complexity index is 690. The lowest BCUT2D eigenvalue weighted by Gasteiger charge is -2.19. The third kappa shape index (κ3) is 4.66. The summed E-state index contributed by atoms with van der Waals surface area (Å²) in [5, 5.41) is 1.95. The van der Waals surface area contributed by atoms with E-state index >= 15 is 0 Å². The van der Waals surface area contributed by atoms with Gasteiger partial charge in [0.15, 0.2) is 4.96 Å². The number of thiazole rings is 1. The highest BCUT2D eigenvalue weighted by atomic mass is 32.1. The lowest BCUT2D eigenvalue weighted by Crippen LogP contribution is -2.32. The van der Waals surface area contributed by atoms with E-state index in [2.05, 4.69) is 4.98 Å². The molecule has 0 bridgehead atoms. The zero-order valence-electron chi connectivity index (χ0n) is 13.4. The van der Waals surface area contributed by atoms with Crippen LogP contribution in [0.3, 0.4) is 0 Å². The van der Waals surface area contributed by atoms with Crippen LogP contribution in [0.1, 0.15) is 32.4 Å². The third-order valence-corrected chi connectivity index (χ3v) is 4.04. The van der Waals surface area contributed by atoms with E-state index in [1.807, 2.05) is 22.9 Å². The molecular weight excluding hydrogens is 314 g/mol. The predicted octanol–water partition coefficient (Wildman–Crippen LogP) is 2.60. The summed E-state index contributed by atoms with van der Waals surface area (Å²) in [7, 11) is 0. The van der Waals surface area contributed by atoms with Crippen molar-refractivity contribution in [2.24, 2.45) is 0 Å². The molecule has 0 radical (unpaired) electrons. The van der Waals surface area contributed by atoms with Gasteiger partial charge in [0, 0.05) is 30.7 Å². The van der Waals surface area contributed by atoms with Crippen LogP contribution in [-0.2, 0) is 14.3 Å². The van der Waals surface area contributed by atoms with Crippen molar-refractivity contribution in [2.75, 3.05) is 19.7 Å². The van der Waals surface area contributed by atoms with E-state index in [1.54, 1.807) is 35.4 Å². The van der Waals surface area contributed by atoms with Crippen LogP contribution in [0.25, 0.3) is 11.0 Å². The van der Waals surface area contributed by atoms with E-state index in [0.29, 0.717) is 19.7 Å². The van der Waals surface area contributed by atoms with Crippen molar-refractivity contribution in [1.29, 1.82) is 0 Å². The lowest BCUT2D eigenvalue weighted by molar-refractivity contribution is -0.143. The van der Waals surface area contributed by atoms with E-state index in [4.69, 9.17) is 4.74 Å². The Balaban J connectivity index is 1.98. The standard InChI is InChI=1S/C16H21N3O3S/c1-3-8-18(9-7-15(21)22-4-2)14(20)6-5-13-12-17-16-19(13)10-11-23-16/h5-6,10-12H,3-4,7-9H2,1-2H3/b6-5+. The van der Waals surface area contributed by atoms with Gasteiger partial charge in [-0.25, -0.2) is 4.98 Å². The first-order valence-corrected chi connectivity index (χ1v) is 8.56. The van der Waals surface area contributed by atoms with Gasteiger partial charge in [0.25, 0.3) is 0 Å². The highest BCUT2D eigenvalue weighted by Gasteiger charge is 2.12. The molecule has 7 heteroatoms. The molecule has 0 atom stereocenters. The van der Waals surface area contributed by atoms with E-state index < -0.39 is 0 Å². The summed E-state index contributed by atoms with van der Waals surface area (Å²) in [5.74, 6) is -0.387. The monoisotopic (exact) mass is 335 g/mol. The molecule has 2 rings (SSSR count). The Morgan fingerprint density at radius 3 is 2.96 bits per heavy atom. The number of fused-ring (bicyclic) bond motifs is 1. The van der Waals surface area contributed by atoms with Gasteiger partial charge in [0.1, 0.15) is 0 Å². The molecule has 0 fully saturated rings. The first-order chi connectivity index (χ1) is 11.2. The molecule has 124 valence electrons. The highest BCUT2D eigenvalue weighted by Crippen LogP contribution is 2.13. The largest absolute Gasteiger partial charge is 0.466 e. The second-order valence-electron chi connectivity index (χ2n) is 4.95. The van der Waals surface area contributed by atoms with Crippen molar-refractivity contribution in [3.05, 3.63) is 29.5 Å². The van der Waals surface area contributed by atoms with Crippen molar-refractivity contribution in [2.45, 2.75) is 26.7 Å². The van der Waals surface area contributed by atoms with Crippen LogP contribution in [0.4, 0.5) is 0 Å². The molecule has 0 aliphatic rings. The Morgan fingerprint density at radius 2 is 2.22 bits per heavy atom. The summed E-state index contributed by atoms with van der Waals surface area (Å²) in [6.45, 7) is 5.11. The fourth-order valence-corrected chi connectivity index (χ4v) is 2.89. The minimum absolute atomic E-state index is 0.110. The van der Waals surface area contributed by atoms with Crippen LogP contribution < -0.4 is 0 Å². The number of carbonyl (C=O) groups excluding carboxylic acids is 2. The molecule has 0 aliphatic carbocycles. The van der Waals surface area contributed by atoms with Gasteiger partial charge in [-0.15, -0.1) is 11.3 Å². The second-order valence-corrected chi connectivity index (χ2v) is 5.83. The van der Waals surface area contributed by atoms with Gasteiger partial charge in [-0.05, 0) is 19.4 Å².